The Morgan fingerprint density at radius 2 is 1.11 bits per heavy atom. The SMILES string of the molecule is c1ccc(C2=NC(c3cccc4c3sc3c(-c5cccc6sc7ccc(-n8c9ccccc9c9ccccc98)cc7c56)cccc34)NC(c3ccccc3)=N2)cc1. The van der Waals surface area contributed by atoms with E-state index in [1.54, 1.807) is 0 Å². The average molecular weight is 765 g/mol. The number of aromatic nitrogens is 1. The molecule has 268 valence electrons. The molecule has 8 aromatic carbocycles. The van der Waals surface area contributed by atoms with Crippen molar-refractivity contribution >= 4 is 96.5 Å². The Bertz CT molecular complexity index is 3390. The average Bonchev–Trinajstić information content (AvgIpc) is 3.96. The molecule has 0 fully saturated rings. The Kier molecular flexibility index (Phi) is 7.30. The summed E-state index contributed by atoms with van der Waals surface area (Å²) in [6.07, 6.45) is -0.309. The first-order chi connectivity index (χ1) is 28.3. The lowest BCUT2D eigenvalue weighted by molar-refractivity contribution is 0.680. The second-order valence-electron chi connectivity index (χ2n) is 14.5. The maximum atomic E-state index is 5.26. The summed E-state index contributed by atoms with van der Waals surface area (Å²) in [5, 5.41) is 11.4. The van der Waals surface area contributed by atoms with Crippen LogP contribution in [-0.2, 0) is 0 Å². The van der Waals surface area contributed by atoms with E-state index in [2.05, 4.69) is 168 Å². The molecule has 0 saturated carbocycles. The standard InChI is InChI=1S/C51H32N4S2/c1-3-14-31(15-4-1)49-52-50(32-16-5-2-6-17-32)54-51(53-49)40-24-12-23-39-38-22-11-21-37(47(38)57-48(39)40)36-20-13-27-45-46(36)41-30-33(28-29-44(41)56-45)55-42-25-9-7-18-34(42)35-19-8-10-26-43(35)55/h1-30,51H,(H,52,53,54). The summed E-state index contributed by atoms with van der Waals surface area (Å²) in [6, 6.07) is 65.4. The number of hydrogen-bond donors (Lipinski definition) is 1. The molecule has 3 aromatic heterocycles. The zero-order valence-electron chi connectivity index (χ0n) is 30.6. The number of thiophene rings is 2. The van der Waals surface area contributed by atoms with Crippen molar-refractivity contribution in [1.82, 2.24) is 9.88 Å². The maximum Gasteiger partial charge on any atom is 0.159 e. The molecule has 0 bridgehead atoms. The van der Waals surface area contributed by atoms with Gasteiger partial charge in [-0.2, -0.15) is 0 Å². The third-order valence-corrected chi connectivity index (χ3v) is 13.7. The first-order valence-electron chi connectivity index (χ1n) is 19.2. The summed E-state index contributed by atoms with van der Waals surface area (Å²) in [4.78, 5) is 10.3. The third-order valence-electron chi connectivity index (χ3n) is 11.3. The fourth-order valence-electron chi connectivity index (χ4n) is 8.72. The number of nitrogens with zero attached hydrogens (tertiary/aromatic N) is 3. The number of para-hydroxylation sites is 2. The molecule has 4 nitrogen and oxygen atoms in total. The zero-order valence-corrected chi connectivity index (χ0v) is 32.2. The van der Waals surface area contributed by atoms with E-state index >= 15 is 0 Å². The lowest BCUT2D eigenvalue weighted by Crippen LogP contribution is -2.33. The molecule has 1 atom stereocenters. The number of aliphatic imine (C=N–C) groups is 2. The Balaban J connectivity index is 1.04. The van der Waals surface area contributed by atoms with Crippen LogP contribution in [0, 0.1) is 0 Å². The minimum atomic E-state index is -0.309. The predicted octanol–water partition coefficient (Wildman–Crippen LogP) is 13.7. The summed E-state index contributed by atoms with van der Waals surface area (Å²) in [5.74, 6) is 1.55. The molecule has 11 aromatic rings. The maximum absolute atomic E-state index is 5.26. The van der Waals surface area contributed by atoms with Crippen LogP contribution < -0.4 is 5.32 Å². The fourth-order valence-corrected chi connectivity index (χ4v) is 11.2. The minimum absolute atomic E-state index is 0.309. The Morgan fingerprint density at radius 3 is 1.88 bits per heavy atom. The van der Waals surface area contributed by atoms with Crippen LogP contribution in [0.25, 0.3) is 79.0 Å². The van der Waals surface area contributed by atoms with Gasteiger partial charge in [0.05, 0.1) is 11.0 Å². The number of hydrogen-bond acceptors (Lipinski definition) is 5. The summed E-state index contributed by atoms with van der Waals surface area (Å²) in [6.45, 7) is 0. The number of nitrogens with one attached hydrogen (secondary N) is 1. The number of rotatable bonds is 5. The van der Waals surface area contributed by atoms with Crippen molar-refractivity contribution in [3.05, 3.63) is 199 Å². The van der Waals surface area contributed by atoms with Gasteiger partial charge < -0.3 is 9.88 Å². The molecule has 0 spiro atoms. The molecular formula is C51H32N4S2. The lowest BCUT2D eigenvalue weighted by atomic mass is 9.97. The quantitative estimate of drug-likeness (QED) is 0.186. The second-order valence-corrected chi connectivity index (χ2v) is 16.6. The van der Waals surface area contributed by atoms with E-state index in [1.165, 1.54) is 79.0 Å². The number of amidine groups is 2. The van der Waals surface area contributed by atoms with E-state index in [0.29, 0.717) is 0 Å². The first kappa shape index (κ1) is 32.4. The highest BCUT2D eigenvalue weighted by molar-refractivity contribution is 7.27. The fraction of sp³-hybridized carbons (Fsp3) is 0.0196. The normalized spacial score (nSPS) is 14.5. The molecule has 57 heavy (non-hydrogen) atoms. The molecule has 1 N–H and O–H groups in total. The molecular weight excluding hydrogens is 733 g/mol. The van der Waals surface area contributed by atoms with Gasteiger partial charge in [0.1, 0.15) is 12.0 Å². The van der Waals surface area contributed by atoms with Crippen molar-refractivity contribution in [1.29, 1.82) is 0 Å². The van der Waals surface area contributed by atoms with Gasteiger partial charge >= 0.3 is 0 Å². The van der Waals surface area contributed by atoms with Crippen molar-refractivity contribution in [2.75, 3.05) is 0 Å². The van der Waals surface area contributed by atoms with Gasteiger partial charge in [-0.3, -0.25) is 0 Å². The van der Waals surface area contributed by atoms with Crippen LogP contribution in [0.15, 0.2) is 192 Å². The third kappa shape index (κ3) is 5.11. The highest BCUT2D eigenvalue weighted by Crippen LogP contribution is 2.47. The first-order valence-corrected chi connectivity index (χ1v) is 20.8. The van der Waals surface area contributed by atoms with Gasteiger partial charge in [0, 0.05) is 79.1 Å². The van der Waals surface area contributed by atoms with E-state index < -0.39 is 0 Å². The van der Waals surface area contributed by atoms with Crippen LogP contribution in [0.3, 0.4) is 0 Å². The molecule has 6 heteroatoms. The molecule has 0 aliphatic carbocycles. The van der Waals surface area contributed by atoms with Crippen molar-refractivity contribution in [2.24, 2.45) is 9.98 Å². The zero-order chi connectivity index (χ0) is 37.5. The topological polar surface area (TPSA) is 41.7 Å². The van der Waals surface area contributed by atoms with Crippen molar-refractivity contribution in [2.45, 2.75) is 6.17 Å². The largest absolute Gasteiger partial charge is 0.344 e. The predicted molar refractivity (Wildman–Crippen MR) is 244 cm³/mol. The van der Waals surface area contributed by atoms with E-state index in [4.69, 9.17) is 9.98 Å². The van der Waals surface area contributed by atoms with E-state index in [0.717, 1.165) is 28.4 Å². The Hall–Kier alpha value is -6.86. The van der Waals surface area contributed by atoms with Gasteiger partial charge in [-0.05, 0) is 42.0 Å². The van der Waals surface area contributed by atoms with Gasteiger partial charge in [-0.15, -0.1) is 22.7 Å². The van der Waals surface area contributed by atoms with Crippen molar-refractivity contribution in [3.63, 3.8) is 0 Å². The lowest BCUT2D eigenvalue weighted by Gasteiger charge is -2.24. The molecule has 1 aliphatic heterocycles. The monoisotopic (exact) mass is 764 g/mol. The van der Waals surface area contributed by atoms with Crippen LogP contribution >= 0.6 is 22.7 Å². The highest BCUT2D eigenvalue weighted by Gasteiger charge is 2.25. The second kappa shape index (κ2) is 12.8. The highest BCUT2D eigenvalue weighted by atomic mass is 32.1. The van der Waals surface area contributed by atoms with Gasteiger partial charge in [-0.25, -0.2) is 9.98 Å². The molecule has 0 saturated heterocycles. The minimum Gasteiger partial charge on any atom is -0.344 e. The van der Waals surface area contributed by atoms with E-state index in [9.17, 15) is 0 Å². The van der Waals surface area contributed by atoms with Crippen molar-refractivity contribution in [3.8, 4) is 16.8 Å². The molecule has 1 unspecified atom stereocenters. The Morgan fingerprint density at radius 1 is 0.474 bits per heavy atom. The van der Waals surface area contributed by atoms with Gasteiger partial charge in [0.2, 0.25) is 0 Å². The van der Waals surface area contributed by atoms with Gasteiger partial charge in [0.25, 0.3) is 0 Å². The summed E-state index contributed by atoms with van der Waals surface area (Å²) in [5.41, 5.74) is 9.31. The van der Waals surface area contributed by atoms with Crippen LogP contribution in [0.4, 0.5) is 0 Å². The summed E-state index contributed by atoms with van der Waals surface area (Å²) in [7, 11) is 0. The number of fused-ring (bicyclic) bond motifs is 9. The summed E-state index contributed by atoms with van der Waals surface area (Å²) >= 11 is 3.74. The van der Waals surface area contributed by atoms with E-state index in [-0.39, 0.29) is 6.17 Å². The molecule has 0 amide bonds. The van der Waals surface area contributed by atoms with Crippen LogP contribution in [0.1, 0.15) is 22.9 Å². The van der Waals surface area contributed by atoms with Crippen LogP contribution in [-0.4, -0.2) is 16.2 Å². The molecule has 1 aliphatic rings. The van der Waals surface area contributed by atoms with Crippen LogP contribution in [0.5, 0.6) is 0 Å². The molecule has 4 heterocycles. The van der Waals surface area contributed by atoms with Gasteiger partial charge in [0.15, 0.2) is 5.84 Å². The Labute approximate surface area is 336 Å². The van der Waals surface area contributed by atoms with Crippen LogP contribution in [0.2, 0.25) is 0 Å². The van der Waals surface area contributed by atoms with E-state index in [1.807, 2.05) is 46.9 Å². The van der Waals surface area contributed by atoms with Gasteiger partial charge in [-0.1, -0.05) is 146 Å². The molecule has 12 rings (SSSR count). The van der Waals surface area contributed by atoms with Crippen molar-refractivity contribution < 1.29 is 0 Å². The smallest absolute Gasteiger partial charge is 0.159 e. The summed E-state index contributed by atoms with van der Waals surface area (Å²) < 4.78 is 7.52. The molecule has 0 radical (unpaired) electrons. The number of benzene rings is 8.